The lowest BCUT2D eigenvalue weighted by Gasteiger charge is -2.06. The smallest absolute Gasteiger partial charge is 0.129 e. The molecule has 1 aromatic heterocycles. The maximum absolute atomic E-state index is 8.68. The fourth-order valence-corrected chi connectivity index (χ4v) is 1.01. The lowest BCUT2D eigenvalue weighted by molar-refractivity contribution is 0.265. The maximum atomic E-state index is 8.68. The van der Waals surface area contributed by atoms with E-state index in [9.17, 15) is 0 Å². The van der Waals surface area contributed by atoms with Gasteiger partial charge >= 0.3 is 0 Å². The van der Waals surface area contributed by atoms with Gasteiger partial charge in [-0.25, -0.2) is 4.98 Å². The highest BCUT2D eigenvalue weighted by atomic mass is 35.5. The average Bonchev–Trinajstić information content (AvgIpc) is 2.09. The second kappa shape index (κ2) is 4.40. The first kappa shape index (κ1) is 9.45. The fraction of sp³-hybridized carbons (Fsp3) is 0.375. The van der Waals surface area contributed by atoms with Crippen LogP contribution in [0.5, 0.6) is 0 Å². The van der Waals surface area contributed by atoms with Gasteiger partial charge in [0, 0.05) is 12.2 Å². The van der Waals surface area contributed by atoms with Crippen molar-refractivity contribution < 1.29 is 5.11 Å². The van der Waals surface area contributed by atoms with E-state index in [0.717, 1.165) is 5.56 Å². The van der Waals surface area contributed by atoms with Crippen molar-refractivity contribution >= 4 is 11.6 Å². The van der Waals surface area contributed by atoms with Crippen molar-refractivity contribution in [1.29, 1.82) is 0 Å². The van der Waals surface area contributed by atoms with Crippen LogP contribution in [0.2, 0.25) is 5.15 Å². The summed E-state index contributed by atoms with van der Waals surface area (Å²) >= 11 is 5.59. The fourth-order valence-electron chi connectivity index (χ4n) is 0.894. The Labute approximate surface area is 76.2 Å². The van der Waals surface area contributed by atoms with E-state index >= 15 is 0 Å². The van der Waals surface area contributed by atoms with Gasteiger partial charge in [-0.3, -0.25) is 0 Å². The Morgan fingerprint density at radius 2 is 2.33 bits per heavy atom. The molecule has 0 aliphatic carbocycles. The molecule has 1 aromatic rings. The van der Waals surface area contributed by atoms with Crippen molar-refractivity contribution in [2.24, 2.45) is 5.73 Å². The Kier molecular flexibility index (Phi) is 3.47. The molecule has 0 fully saturated rings. The van der Waals surface area contributed by atoms with Crippen molar-refractivity contribution in [2.45, 2.75) is 12.5 Å². The highest BCUT2D eigenvalue weighted by Gasteiger charge is 2.01. The zero-order chi connectivity index (χ0) is 8.97. The molecule has 0 saturated carbocycles. The van der Waals surface area contributed by atoms with Crippen LogP contribution >= 0.6 is 11.6 Å². The van der Waals surface area contributed by atoms with Gasteiger partial charge in [0.2, 0.25) is 0 Å². The number of rotatable bonds is 3. The van der Waals surface area contributed by atoms with Crippen LogP contribution in [-0.4, -0.2) is 22.7 Å². The Morgan fingerprint density at radius 3 is 2.83 bits per heavy atom. The summed E-state index contributed by atoms with van der Waals surface area (Å²) in [7, 11) is 0. The predicted molar refractivity (Wildman–Crippen MR) is 48.0 cm³/mol. The van der Waals surface area contributed by atoms with E-state index in [1.165, 1.54) is 0 Å². The van der Waals surface area contributed by atoms with Crippen molar-refractivity contribution in [1.82, 2.24) is 4.98 Å². The van der Waals surface area contributed by atoms with Crippen molar-refractivity contribution in [3.8, 4) is 0 Å². The molecule has 0 aliphatic rings. The van der Waals surface area contributed by atoms with Crippen LogP contribution < -0.4 is 5.73 Å². The first-order valence-electron chi connectivity index (χ1n) is 3.69. The average molecular weight is 187 g/mol. The highest BCUT2D eigenvalue weighted by Crippen LogP contribution is 2.06. The summed E-state index contributed by atoms with van der Waals surface area (Å²) < 4.78 is 0. The normalized spacial score (nSPS) is 12.9. The van der Waals surface area contributed by atoms with Crippen molar-refractivity contribution in [3.63, 3.8) is 0 Å². The minimum absolute atomic E-state index is 0.0113. The van der Waals surface area contributed by atoms with E-state index in [1.807, 2.05) is 6.07 Å². The summed E-state index contributed by atoms with van der Waals surface area (Å²) in [4.78, 5) is 3.89. The van der Waals surface area contributed by atoms with Crippen molar-refractivity contribution in [2.75, 3.05) is 6.61 Å². The molecule has 0 saturated heterocycles. The van der Waals surface area contributed by atoms with Gasteiger partial charge in [0.1, 0.15) is 5.15 Å². The van der Waals surface area contributed by atoms with Gasteiger partial charge < -0.3 is 10.8 Å². The Balaban J connectivity index is 2.58. The molecule has 4 heteroatoms. The summed E-state index contributed by atoms with van der Waals surface area (Å²) in [5, 5.41) is 9.15. The van der Waals surface area contributed by atoms with Gasteiger partial charge in [-0.1, -0.05) is 17.7 Å². The molecule has 1 heterocycles. The first-order chi connectivity index (χ1) is 5.72. The quantitative estimate of drug-likeness (QED) is 0.680. The summed E-state index contributed by atoms with van der Waals surface area (Å²) in [6, 6.07) is 3.35. The lowest BCUT2D eigenvalue weighted by Crippen LogP contribution is -2.26. The molecule has 0 aliphatic heterocycles. The highest BCUT2D eigenvalue weighted by molar-refractivity contribution is 6.29. The van der Waals surface area contributed by atoms with Crippen LogP contribution in [0.1, 0.15) is 5.56 Å². The zero-order valence-corrected chi connectivity index (χ0v) is 7.33. The minimum atomic E-state index is -0.215. The standard InChI is InChI=1S/C8H11ClN2O/c9-8-2-1-6(4-11-8)3-7(10)5-12/h1-2,4,7,12H,3,5,10H2. The first-order valence-corrected chi connectivity index (χ1v) is 4.07. The van der Waals surface area contributed by atoms with Gasteiger partial charge in [-0.05, 0) is 18.1 Å². The third-order valence-electron chi connectivity index (χ3n) is 1.52. The molecular weight excluding hydrogens is 176 g/mol. The molecule has 0 bridgehead atoms. The minimum Gasteiger partial charge on any atom is -0.395 e. The topological polar surface area (TPSA) is 59.1 Å². The molecule has 1 rings (SSSR count). The Hall–Kier alpha value is -0.640. The van der Waals surface area contributed by atoms with Crippen LogP contribution in [0, 0.1) is 0 Å². The Bertz CT molecular complexity index is 237. The largest absolute Gasteiger partial charge is 0.395 e. The third-order valence-corrected chi connectivity index (χ3v) is 1.74. The third kappa shape index (κ3) is 2.77. The van der Waals surface area contributed by atoms with Crippen LogP contribution in [0.25, 0.3) is 0 Å². The molecule has 0 aromatic carbocycles. The lowest BCUT2D eigenvalue weighted by atomic mass is 10.1. The number of halogens is 1. The summed E-state index contributed by atoms with van der Waals surface area (Å²) in [5.74, 6) is 0. The molecule has 3 N–H and O–H groups in total. The maximum Gasteiger partial charge on any atom is 0.129 e. The molecule has 3 nitrogen and oxygen atoms in total. The van der Waals surface area contributed by atoms with Gasteiger partial charge in [0.05, 0.1) is 6.61 Å². The molecule has 12 heavy (non-hydrogen) atoms. The number of aliphatic hydroxyl groups excluding tert-OH is 1. The number of aliphatic hydroxyl groups is 1. The zero-order valence-electron chi connectivity index (χ0n) is 6.57. The number of aromatic nitrogens is 1. The number of hydrogen-bond donors (Lipinski definition) is 2. The SMILES string of the molecule is NC(CO)Cc1ccc(Cl)nc1. The number of pyridine rings is 1. The van der Waals surface area contributed by atoms with E-state index in [0.29, 0.717) is 11.6 Å². The van der Waals surface area contributed by atoms with Gasteiger partial charge in [0.25, 0.3) is 0 Å². The molecule has 1 atom stereocenters. The monoisotopic (exact) mass is 186 g/mol. The van der Waals surface area contributed by atoms with Gasteiger partial charge in [0.15, 0.2) is 0 Å². The molecule has 66 valence electrons. The molecule has 0 amide bonds. The predicted octanol–water partition coefficient (Wildman–Crippen LogP) is 0.597. The second-order valence-corrected chi connectivity index (χ2v) is 3.02. The summed E-state index contributed by atoms with van der Waals surface area (Å²) in [6.07, 6.45) is 2.29. The molecule has 0 radical (unpaired) electrons. The molecular formula is C8H11ClN2O. The summed E-state index contributed by atoms with van der Waals surface area (Å²) in [5.41, 5.74) is 6.52. The van der Waals surface area contributed by atoms with E-state index in [4.69, 9.17) is 22.4 Å². The van der Waals surface area contributed by atoms with Crippen molar-refractivity contribution in [3.05, 3.63) is 29.0 Å². The van der Waals surface area contributed by atoms with E-state index in [2.05, 4.69) is 4.98 Å². The number of nitrogens with two attached hydrogens (primary N) is 1. The number of hydrogen-bond acceptors (Lipinski definition) is 3. The van der Waals surface area contributed by atoms with Crippen LogP contribution in [0.4, 0.5) is 0 Å². The second-order valence-electron chi connectivity index (χ2n) is 2.64. The number of nitrogens with zero attached hydrogens (tertiary/aromatic N) is 1. The van der Waals surface area contributed by atoms with E-state index in [1.54, 1.807) is 12.3 Å². The molecule has 0 spiro atoms. The van der Waals surface area contributed by atoms with Crippen LogP contribution in [0.15, 0.2) is 18.3 Å². The van der Waals surface area contributed by atoms with Crippen LogP contribution in [0.3, 0.4) is 0 Å². The Morgan fingerprint density at radius 1 is 1.58 bits per heavy atom. The van der Waals surface area contributed by atoms with Gasteiger partial charge in [-0.15, -0.1) is 0 Å². The van der Waals surface area contributed by atoms with E-state index in [-0.39, 0.29) is 12.6 Å². The van der Waals surface area contributed by atoms with E-state index < -0.39 is 0 Å². The molecule has 1 unspecified atom stereocenters. The summed E-state index contributed by atoms with van der Waals surface area (Å²) in [6.45, 7) is -0.0113. The van der Waals surface area contributed by atoms with Gasteiger partial charge in [-0.2, -0.15) is 0 Å². The van der Waals surface area contributed by atoms with Crippen LogP contribution in [-0.2, 0) is 6.42 Å².